The third kappa shape index (κ3) is 3.05. The molecule has 1 aromatic rings. The minimum absolute atomic E-state index is 0.728. The first kappa shape index (κ1) is 15.1. The van der Waals surface area contributed by atoms with Gasteiger partial charge < -0.3 is 10.2 Å². The summed E-state index contributed by atoms with van der Waals surface area (Å²) in [5.41, 5.74) is 1.19. The van der Waals surface area contributed by atoms with Crippen molar-refractivity contribution < 1.29 is 0 Å². The van der Waals surface area contributed by atoms with Gasteiger partial charge in [0.1, 0.15) is 17.5 Å². The second kappa shape index (κ2) is 6.42. The number of aryl methyl sites for hydroxylation is 1. The van der Waals surface area contributed by atoms with Gasteiger partial charge in [-0.2, -0.15) is 0 Å². The van der Waals surface area contributed by atoms with Gasteiger partial charge in [-0.05, 0) is 32.1 Å². The van der Waals surface area contributed by atoms with E-state index in [0.29, 0.717) is 0 Å². The first-order valence-electron chi connectivity index (χ1n) is 7.93. The third-order valence-electron chi connectivity index (χ3n) is 4.46. The van der Waals surface area contributed by atoms with Crippen molar-refractivity contribution in [2.75, 3.05) is 29.9 Å². The van der Waals surface area contributed by atoms with Crippen molar-refractivity contribution >= 4 is 11.6 Å². The molecule has 2 heterocycles. The lowest BCUT2D eigenvalue weighted by Gasteiger charge is -2.37. The zero-order valence-electron chi connectivity index (χ0n) is 13.5. The highest BCUT2D eigenvalue weighted by molar-refractivity contribution is 5.59. The molecule has 1 aliphatic rings. The second-order valence-electron chi connectivity index (χ2n) is 6.01. The Balaban J connectivity index is 2.32. The van der Waals surface area contributed by atoms with E-state index in [9.17, 15) is 0 Å². The number of nitrogens with zero attached hydrogens (tertiary/aromatic N) is 3. The van der Waals surface area contributed by atoms with E-state index in [0.717, 1.165) is 55.4 Å². The van der Waals surface area contributed by atoms with Gasteiger partial charge in [-0.1, -0.05) is 20.8 Å². The van der Waals surface area contributed by atoms with Crippen molar-refractivity contribution in [2.45, 2.75) is 47.5 Å². The van der Waals surface area contributed by atoms with Crippen molar-refractivity contribution in [3.05, 3.63) is 11.4 Å². The van der Waals surface area contributed by atoms with Crippen LogP contribution >= 0.6 is 0 Å². The van der Waals surface area contributed by atoms with Gasteiger partial charge in [-0.15, -0.1) is 0 Å². The maximum atomic E-state index is 4.79. The first-order valence-corrected chi connectivity index (χ1v) is 7.93. The largest absolute Gasteiger partial charge is 0.370 e. The molecule has 0 aliphatic carbocycles. The SMILES string of the molecule is CCNc1nc(CC)nc(N2CCC(C)C(C)C2)c1C. The highest BCUT2D eigenvalue weighted by Crippen LogP contribution is 2.30. The van der Waals surface area contributed by atoms with Gasteiger partial charge in [-0.25, -0.2) is 9.97 Å². The standard InChI is InChI=1S/C16H28N4/c1-6-14-18-15(17-7-2)13(5)16(19-14)20-9-8-11(3)12(4)10-20/h11-12H,6-10H2,1-5H3,(H,17,18,19). The summed E-state index contributed by atoms with van der Waals surface area (Å²) in [5, 5.41) is 3.37. The maximum absolute atomic E-state index is 4.79. The average molecular weight is 276 g/mol. The Bertz CT molecular complexity index is 458. The fourth-order valence-electron chi connectivity index (χ4n) is 2.81. The molecule has 0 aromatic carbocycles. The van der Waals surface area contributed by atoms with Crippen molar-refractivity contribution in [1.82, 2.24) is 9.97 Å². The maximum Gasteiger partial charge on any atom is 0.137 e. The average Bonchev–Trinajstić information content (AvgIpc) is 2.44. The van der Waals surface area contributed by atoms with E-state index in [-0.39, 0.29) is 0 Å². The van der Waals surface area contributed by atoms with Crippen LogP contribution in [0.2, 0.25) is 0 Å². The monoisotopic (exact) mass is 276 g/mol. The van der Waals surface area contributed by atoms with Gasteiger partial charge in [0.2, 0.25) is 0 Å². The van der Waals surface area contributed by atoms with Crippen LogP contribution in [0.1, 0.15) is 45.5 Å². The van der Waals surface area contributed by atoms with Gasteiger partial charge in [-0.3, -0.25) is 0 Å². The van der Waals surface area contributed by atoms with Crippen LogP contribution in [-0.4, -0.2) is 29.6 Å². The Morgan fingerprint density at radius 1 is 1.20 bits per heavy atom. The minimum atomic E-state index is 0.728. The Kier molecular flexibility index (Phi) is 4.84. The molecule has 112 valence electrons. The number of nitrogens with one attached hydrogen (secondary N) is 1. The summed E-state index contributed by atoms with van der Waals surface area (Å²) in [4.78, 5) is 11.9. The van der Waals surface area contributed by atoms with Crippen LogP contribution in [-0.2, 0) is 6.42 Å². The number of hydrogen-bond acceptors (Lipinski definition) is 4. The molecule has 0 radical (unpaired) electrons. The molecule has 2 atom stereocenters. The second-order valence-corrected chi connectivity index (χ2v) is 6.01. The molecule has 2 unspecified atom stereocenters. The number of piperidine rings is 1. The van der Waals surface area contributed by atoms with Crippen LogP contribution in [0.15, 0.2) is 0 Å². The Morgan fingerprint density at radius 2 is 1.95 bits per heavy atom. The minimum Gasteiger partial charge on any atom is -0.370 e. The van der Waals surface area contributed by atoms with Crippen molar-refractivity contribution in [2.24, 2.45) is 11.8 Å². The van der Waals surface area contributed by atoms with E-state index < -0.39 is 0 Å². The van der Waals surface area contributed by atoms with Gasteiger partial charge in [0.05, 0.1) is 0 Å². The zero-order valence-corrected chi connectivity index (χ0v) is 13.5. The molecular weight excluding hydrogens is 248 g/mol. The van der Waals surface area contributed by atoms with Crippen molar-refractivity contribution in [3.63, 3.8) is 0 Å². The molecule has 0 amide bonds. The molecule has 1 aliphatic heterocycles. The molecule has 0 saturated carbocycles. The summed E-state index contributed by atoms with van der Waals surface area (Å²) in [6.07, 6.45) is 2.13. The lowest BCUT2D eigenvalue weighted by atomic mass is 9.88. The van der Waals surface area contributed by atoms with E-state index in [1.807, 2.05) is 0 Å². The van der Waals surface area contributed by atoms with E-state index in [1.165, 1.54) is 12.0 Å². The summed E-state index contributed by atoms with van der Waals surface area (Å²) < 4.78 is 0. The highest BCUT2D eigenvalue weighted by atomic mass is 15.2. The predicted molar refractivity (Wildman–Crippen MR) is 85.5 cm³/mol. The van der Waals surface area contributed by atoms with Gasteiger partial charge in [0, 0.05) is 31.6 Å². The molecule has 1 N–H and O–H groups in total. The van der Waals surface area contributed by atoms with Crippen LogP contribution in [0.5, 0.6) is 0 Å². The van der Waals surface area contributed by atoms with Gasteiger partial charge in [0.15, 0.2) is 0 Å². The molecule has 0 spiro atoms. The van der Waals surface area contributed by atoms with E-state index in [2.05, 4.69) is 49.8 Å². The molecule has 1 aromatic heterocycles. The molecule has 0 bridgehead atoms. The van der Waals surface area contributed by atoms with E-state index >= 15 is 0 Å². The lowest BCUT2D eigenvalue weighted by Crippen LogP contribution is -2.39. The van der Waals surface area contributed by atoms with Crippen molar-refractivity contribution in [3.8, 4) is 0 Å². The van der Waals surface area contributed by atoms with Crippen LogP contribution < -0.4 is 10.2 Å². The summed E-state index contributed by atoms with van der Waals surface area (Å²) in [7, 11) is 0. The fraction of sp³-hybridized carbons (Fsp3) is 0.750. The molecule has 4 nitrogen and oxygen atoms in total. The summed E-state index contributed by atoms with van der Waals surface area (Å²) >= 11 is 0. The third-order valence-corrected chi connectivity index (χ3v) is 4.46. The quantitative estimate of drug-likeness (QED) is 0.916. The number of aromatic nitrogens is 2. The molecule has 1 saturated heterocycles. The molecule has 2 rings (SSSR count). The highest BCUT2D eigenvalue weighted by Gasteiger charge is 2.25. The Hall–Kier alpha value is -1.32. The molecule has 1 fully saturated rings. The predicted octanol–water partition coefficient (Wildman–Crippen LogP) is 3.26. The van der Waals surface area contributed by atoms with Crippen LogP contribution in [0.25, 0.3) is 0 Å². The molecule has 4 heteroatoms. The van der Waals surface area contributed by atoms with Gasteiger partial charge >= 0.3 is 0 Å². The van der Waals surface area contributed by atoms with Crippen LogP contribution in [0, 0.1) is 18.8 Å². The Labute approximate surface area is 123 Å². The smallest absolute Gasteiger partial charge is 0.137 e. The lowest BCUT2D eigenvalue weighted by molar-refractivity contribution is 0.322. The van der Waals surface area contributed by atoms with E-state index in [4.69, 9.17) is 4.98 Å². The van der Waals surface area contributed by atoms with Crippen molar-refractivity contribution in [1.29, 1.82) is 0 Å². The number of hydrogen-bond donors (Lipinski definition) is 1. The summed E-state index contributed by atoms with van der Waals surface area (Å²) in [6, 6.07) is 0. The van der Waals surface area contributed by atoms with Crippen LogP contribution in [0.4, 0.5) is 11.6 Å². The molecule has 20 heavy (non-hydrogen) atoms. The normalized spacial score (nSPS) is 22.9. The number of anilines is 2. The van der Waals surface area contributed by atoms with Crippen LogP contribution in [0.3, 0.4) is 0 Å². The summed E-state index contributed by atoms with van der Waals surface area (Å²) in [5.74, 6) is 4.61. The first-order chi connectivity index (χ1) is 9.56. The topological polar surface area (TPSA) is 41.1 Å². The molecular formula is C16H28N4. The van der Waals surface area contributed by atoms with Gasteiger partial charge in [0.25, 0.3) is 0 Å². The zero-order chi connectivity index (χ0) is 14.7. The fourth-order valence-corrected chi connectivity index (χ4v) is 2.81. The van der Waals surface area contributed by atoms with E-state index in [1.54, 1.807) is 0 Å². The summed E-state index contributed by atoms with van der Waals surface area (Å²) in [6.45, 7) is 14.2. The Morgan fingerprint density at radius 3 is 2.55 bits per heavy atom. The number of rotatable bonds is 4.